The van der Waals surface area contributed by atoms with Gasteiger partial charge in [-0.2, -0.15) is 22.0 Å². The molecule has 1 atom stereocenters. The van der Waals surface area contributed by atoms with E-state index in [-0.39, 0.29) is 0 Å². The third-order valence-electron chi connectivity index (χ3n) is 2.83. The zero-order valence-electron chi connectivity index (χ0n) is 9.13. The van der Waals surface area contributed by atoms with Crippen LogP contribution in [-0.2, 0) is 0 Å². The van der Waals surface area contributed by atoms with Gasteiger partial charge in [0.1, 0.15) is 5.83 Å². The van der Waals surface area contributed by atoms with Crippen molar-refractivity contribution in [2.45, 2.75) is 17.8 Å². The van der Waals surface area contributed by atoms with E-state index in [9.17, 15) is 39.5 Å². The fourth-order valence-corrected chi connectivity index (χ4v) is 1.74. The summed E-state index contributed by atoms with van der Waals surface area (Å²) in [5.41, 5.74) is -9.26. The lowest BCUT2D eigenvalue weighted by molar-refractivity contribution is -0.215. The normalized spacial score (nSPS) is 27.4. The fraction of sp³-hybridized carbons (Fsp3) is 0.273. The summed E-state index contributed by atoms with van der Waals surface area (Å²) >= 11 is 0. The number of hydrogen-bond donors (Lipinski definition) is 0. The molecule has 2 rings (SSSR count). The molecule has 1 unspecified atom stereocenters. The molecule has 0 saturated heterocycles. The molecule has 0 nitrogen and oxygen atoms in total. The lowest BCUT2D eigenvalue weighted by atomic mass is 10.1. The summed E-state index contributed by atoms with van der Waals surface area (Å²) in [5.74, 6) is -11.3. The van der Waals surface area contributed by atoms with Crippen molar-refractivity contribution in [3.63, 3.8) is 0 Å². The van der Waals surface area contributed by atoms with Gasteiger partial charge >= 0.3 is 17.8 Å². The van der Waals surface area contributed by atoms with Gasteiger partial charge in [-0.25, -0.2) is 17.6 Å². The largest absolute Gasteiger partial charge is 0.433 e. The number of alkyl halides is 6. The van der Waals surface area contributed by atoms with Gasteiger partial charge < -0.3 is 0 Å². The molecule has 20 heavy (non-hydrogen) atoms. The van der Waals surface area contributed by atoms with Crippen molar-refractivity contribution in [3.8, 4) is 0 Å². The van der Waals surface area contributed by atoms with E-state index in [1.165, 1.54) is 0 Å². The Morgan fingerprint density at radius 2 is 1.55 bits per heavy atom. The van der Waals surface area contributed by atoms with Crippen LogP contribution in [0.2, 0.25) is 0 Å². The van der Waals surface area contributed by atoms with Crippen LogP contribution < -0.4 is 0 Å². The molecule has 0 heterocycles. The van der Waals surface area contributed by atoms with Crippen molar-refractivity contribution >= 4 is 5.83 Å². The number of halogens is 9. The highest BCUT2D eigenvalue weighted by Crippen LogP contribution is 2.70. The minimum absolute atomic E-state index is 0.423. The molecule has 1 aromatic carbocycles. The Kier molecular flexibility index (Phi) is 2.89. The minimum Gasteiger partial charge on any atom is -0.221 e. The molecule has 0 N–H and O–H groups in total. The highest BCUT2D eigenvalue weighted by molar-refractivity contribution is 5.75. The maximum absolute atomic E-state index is 13.5. The first-order chi connectivity index (χ1) is 8.96. The van der Waals surface area contributed by atoms with Crippen LogP contribution in [0.25, 0.3) is 5.83 Å². The van der Waals surface area contributed by atoms with Crippen molar-refractivity contribution in [2.75, 3.05) is 0 Å². The predicted octanol–water partition coefficient (Wildman–Crippen LogP) is 4.56. The van der Waals surface area contributed by atoms with Gasteiger partial charge in [0.05, 0.1) is 5.57 Å². The molecule has 0 spiro atoms. The average molecular weight is 306 g/mol. The molecule has 0 bridgehead atoms. The van der Waals surface area contributed by atoms with Crippen LogP contribution in [0, 0.1) is 11.6 Å². The average Bonchev–Trinajstić information content (AvgIpc) is 2.77. The zero-order valence-corrected chi connectivity index (χ0v) is 9.13. The Morgan fingerprint density at radius 1 is 1.00 bits per heavy atom. The molecular weight excluding hydrogens is 303 g/mol. The fourth-order valence-electron chi connectivity index (χ4n) is 1.74. The summed E-state index contributed by atoms with van der Waals surface area (Å²) in [6.07, 6.45) is -6.08. The van der Waals surface area contributed by atoms with E-state index >= 15 is 0 Å². The molecule has 0 aromatic heterocycles. The van der Waals surface area contributed by atoms with Gasteiger partial charge in [-0.15, -0.1) is 0 Å². The van der Waals surface area contributed by atoms with Crippen molar-refractivity contribution in [2.24, 2.45) is 0 Å². The summed E-state index contributed by atoms with van der Waals surface area (Å²) in [7, 11) is 0. The summed E-state index contributed by atoms with van der Waals surface area (Å²) in [5, 5.41) is 0. The van der Waals surface area contributed by atoms with Crippen LogP contribution in [0.1, 0.15) is 5.56 Å². The summed E-state index contributed by atoms with van der Waals surface area (Å²) in [4.78, 5) is 0. The molecule has 1 fully saturated rings. The standard InChI is InChI=1S/C11H3F9/c12-5-3-1-2-4(6(5)13)7(14)8-9(15,10(8,16)17)11(18,19)20/h1-3H. The van der Waals surface area contributed by atoms with E-state index in [1.54, 1.807) is 0 Å². The Morgan fingerprint density at radius 3 is 2.00 bits per heavy atom. The minimum atomic E-state index is -6.08. The van der Waals surface area contributed by atoms with Gasteiger partial charge in [-0.3, -0.25) is 0 Å². The number of allylic oxidation sites excluding steroid dienone is 1. The maximum Gasteiger partial charge on any atom is 0.433 e. The second-order valence-corrected chi connectivity index (χ2v) is 4.02. The first-order valence-corrected chi connectivity index (χ1v) is 4.94. The van der Waals surface area contributed by atoms with Crippen LogP contribution in [-0.4, -0.2) is 17.8 Å². The van der Waals surface area contributed by atoms with E-state index < -0.39 is 46.4 Å². The Labute approximate surface area is 105 Å². The highest BCUT2D eigenvalue weighted by Gasteiger charge is 2.92. The van der Waals surface area contributed by atoms with E-state index in [2.05, 4.69) is 0 Å². The van der Waals surface area contributed by atoms with Crippen molar-refractivity contribution in [1.29, 1.82) is 0 Å². The molecule has 1 saturated carbocycles. The third-order valence-corrected chi connectivity index (χ3v) is 2.83. The number of hydrogen-bond acceptors (Lipinski definition) is 0. The second-order valence-electron chi connectivity index (χ2n) is 4.02. The Hall–Kier alpha value is -1.67. The van der Waals surface area contributed by atoms with Crippen LogP contribution >= 0.6 is 0 Å². The monoisotopic (exact) mass is 306 g/mol. The second kappa shape index (κ2) is 3.92. The summed E-state index contributed by atoms with van der Waals surface area (Å²) in [6, 6.07) is 1.60. The van der Waals surface area contributed by atoms with E-state index in [4.69, 9.17) is 0 Å². The molecule has 0 radical (unpaired) electrons. The Balaban J connectivity index is 2.63. The van der Waals surface area contributed by atoms with Gasteiger partial charge in [-0.1, -0.05) is 6.07 Å². The van der Waals surface area contributed by atoms with Gasteiger partial charge in [-0.05, 0) is 12.1 Å². The van der Waals surface area contributed by atoms with E-state index in [0.29, 0.717) is 18.2 Å². The van der Waals surface area contributed by atoms with Gasteiger partial charge in [0, 0.05) is 5.56 Å². The SMILES string of the molecule is FC(=C1C(F)(F)C1(F)C(F)(F)F)c1cccc(F)c1F. The van der Waals surface area contributed by atoms with Gasteiger partial charge in [0.25, 0.3) is 0 Å². The quantitative estimate of drug-likeness (QED) is 0.667. The molecule has 0 amide bonds. The molecule has 9 heteroatoms. The topological polar surface area (TPSA) is 0 Å². The van der Waals surface area contributed by atoms with Crippen LogP contribution in [0.4, 0.5) is 39.5 Å². The maximum atomic E-state index is 13.5. The Bertz CT molecular complexity index is 598. The molecule has 1 aromatic rings. The first kappa shape index (κ1) is 14.7. The van der Waals surface area contributed by atoms with E-state index in [0.717, 1.165) is 0 Å². The molecule has 110 valence electrons. The third kappa shape index (κ3) is 1.64. The van der Waals surface area contributed by atoms with Gasteiger partial charge in [0.2, 0.25) is 0 Å². The lowest BCUT2D eigenvalue weighted by Gasteiger charge is -2.09. The summed E-state index contributed by atoms with van der Waals surface area (Å²) in [6.45, 7) is 0. The van der Waals surface area contributed by atoms with Crippen molar-refractivity contribution < 1.29 is 39.5 Å². The predicted molar refractivity (Wildman–Crippen MR) is 49.2 cm³/mol. The van der Waals surface area contributed by atoms with Crippen molar-refractivity contribution in [3.05, 3.63) is 41.0 Å². The number of benzene rings is 1. The smallest absolute Gasteiger partial charge is 0.221 e. The number of rotatable bonds is 1. The summed E-state index contributed by atoms with van der Waals surface area (Å²) < 4.78 is 115. The first-order valence-electron chi connectivity index (χ1n) is 4.94. The lowest BCUT2D eigenvalue weighted by Crippen LogP contribution is -2.32. The molecule has 1 aliphatic carbocycles. The van der Waals surface area contributed by atoms with Crippen molar-refractivity contribution in [1.82, 2.24) is 0 Å². The van der Waals surface area contributed by atoms with Crippen LogP contribution in [0.15, 0.2) is 23.8 Å². The molecule has 0 aliphatic heterocycles. The van der Waals surface area contributed by atoms with Crippen LogP contribution in [0.5, 0.6) is 0 Å². The van der Waals surface area contributed by atoms with E-state index in [1.807, 2.05) is 0 Å². The van der Waals surface area contributed by atoms with Crippen LogP contribution in [0.3, 0.4) is 0 Å². The molecule has 1 aliphatic rings. The molecular formula is C11H3F9. The van der Waals surface area contributed by atoms with Gasteiger partial charge in [0.15, 0.2) is 11.6 Å². The highest BCUT2D eigenvalue weighted by atomic mass is 19.4. The zero-order chi connectivity index (χ0) is 15.5.